The molecule has 0 saturated carbocycles. The number of furan rings is 1. The van der Waals surface area contributed by atoms with Crippen LogP contribution in [0.1, 0.15) is 33.7 Å². The Balaban J connectivity index is 1.34. The summed E-state index contributed by atoms with van der Waals surface area (Å²) in [7, 11) is 0. The van der Waals surface area contributed by atoms with Crippen LogP contribution in [0, 0.1) is 5.92 Å². The van der Waals surface area contributed by atoms with E-state index in [1.807, 2.05) is 6.07 Å². The summed E-state index contributed by atoms with van der Waals surface area (Å²) in [6.07, 6.45) is 3.81. The SMILES string of the molecule is O=C(Nc1cc2ccnc(C(=O)N[C@@H]3C[C@H]4CCN(C4)C3)c2o1)c1ccccc1. The highest BCUT2D eigenvalue weighted by atomic mass is 16.4. The van der Waals surface area contributed by atoms with Gasteiger partial charge in [0.05, 0.1) is 0 Å². The normalized spacial score (nSPS) is 23.1. The number of pyridine rings is 1. The quantitative estimate of drug-likeness (QED) is 0.715. The molecular formula is C22H22N4O3. The zero-order valence-electron chi connectivity index (χ0n) is 15.9. The van der Waals surface area contributed by atoms with Crippen molar-refractivity contribution in [3.63, 3.8) is 0 Å². The smallest absolute Gasteiger partial charge is 0.274 e. The summed E-state index contributed by atoms with van der Waals surface area (Å²) in [4.78, 5) is 31.9. The molecule has 0 aliphatic carbocycles. The lowest BCUT2D eigenvalue weighted by Crippen LogP contribution is -2.47. The Hall–Kier alpha value is -3.19. The van der Waals surface area contributed by atoms with Crippen LogP contribution in [0.2, 0.25) is 0 Å². The number of hydrogen-bond acceptors (Lipinski definition) is 5. The standard InChI is InChI=1S/C22H22N4O3/c27-21(15-4-2-1-3-5-15)25-18-11-16-6-8-23-19(20(16)29-18)22(28)24-17-10-14-7-9-26(12-14)13-17/h1-6,8,11,14,17H,7,9-10,12-13H2,(H,24,28)(H,25,27)/t14-,17-/m1/s1. The van der Waals surface area contributed by atoms with Gasteiger partial charge in [0.2, 0.25) is 5.88 Å². The van der Waals surface area contributed by atoms with Crippen LogP contribution < -0.4 is 10.6 Å². The minimum Gasteiger partial charge on any atom is -0.438 e. The molecular weight excluding hydrogens is 368 g/mol. The van der Waals surface area contributed by atoms with Crippen LogP contribution >= 0.6 is 0 Å². The van der Waals surface area contributed by atoms with E-state index in [0.717, 1.165) is 31.4 Å². The molecule has 3 atom stereocenters. The maximum Gasteiger partial charge on any atom is 0.274 e. The summed E-state index contributed by atoms with van der Waals surface area (Å²) in [6, 6.07) is 12.5. The molecule has 2 aliphatic rings. The Morgan fingerprint density at radius 1 is 1.10 bits per heavy atom. The van der Waals surface area contributed by atoms with Gasteiger partial charge in [-0.3, -0.25) is 14.9 Å². The van der Waals surface area contributed by atoms with Crippen molar-refractivity contribution in [1.82, 2.24) is 15.2 Å². The van der Waals surface area contributed by atoms with E-state index in [9.17, 15) is 9.59 Å². The van der Waals surface area contributed by atoms with Gasteiger partial charge in [0.15, 0.2) is 11.3 Å². The minimum absolute atomic E-state index is 0.132. The molecule has 148 valence electrons. The second-order valence-corrected chi connectivity index (χ2v) is 7.83. The van der Waals surface area contributed by atoms with Crippen molar-refractivity contribution in [2.45, 2.75) is 18.9 Å². The number of amides is 2. The minimum atomic E-state index is -0.268. The lowest BCUT2D eigenvalue weighted by atomic mass is 9.97. The summed E-state index contributed by atoms with van der Waals surface area (Å²) in [5.74, 6) is 0.452. The first-order valence-corrected chi connectivity index (χ1v) is 9.94. The van der Waals surface area contributed by atoms with Crippen LogP contribution in [-0.4, -0.2) is 47.4 Å². The highest BCUT2D eigenvalue weighted by Gasteiger charge is 2.33. The van der Waals surface area contributed by atoms with Crippen molar-refractivity contribution in [3.8, 4) is 0 Å². The molecule has 1 aromatic carbocycles. The molecule has 3 aromatic rings. The number of fused-ring (bicyclic) bond motifs is 3. The Morgan fingerprint density at radius 2 is 1.97 bits per heavy atom. The number of aromatic nitrogens is 1. The lowest BCUT2D eigenvalue weighted by Gasteiger charge is -2.30. The molecule has 5 rings (SSSR count). The highest BCUT2D eigenvalue weighted by Crippen LogP contribution is 2.28. The number of nitrogens with one attached hydrogen (secondary N) is 2. The number of benzene rings is 1. The van der Waals surface area contributed by atoms with Crippen molar-refractivity contribution in [1.29, 1.82) is 0 Å². The van der Waals surface area contributed by atoms with Crippen LogP contribution in [0.3, 0.4) is 0 Å². The summed E-state index contributed by atoms with van der Waals surface area (Å²) in [5, 5.41) is 6.58. The molecule has 0 radical (unpaired) electrons. The molecule has 7 nitrogen and oxygen atoms in total. The van der Waals surface area contributed by atoms with Gasteiger partial charge in [-0.1, -0.05) is 18.2 Å². The van der Waals surface area contributed by atoms with Crippen LogP contribution in [0.25, 0.3) is 11.0 Å². The molecule has 7 heteroatoms. The van der Waals surface area contributed by atoms with Gasteiger partial charge >= 0.3 is 0 Å². The van der Waals surface area contributed by atoms with Gasteiger partial charge in [0.1, 0.15) is 0 Å². The predicted molar refractivity (Wildman–Crippen MR) is 109 cm³/mol. The third-order valence-electron chi connectivity index (χ3n) is 5.72. The van der Waals surface area contributed by atoms with E-state index in [0.29, 0.717) is 17.1 Å². The van der Waals surface area contributed by atoms with Gasteiger partial charge < -0.3 is 14.6 Å². The Bertz CT molecular complexity index is 1050. The van der Waals surface area contributed by atoms with E-state index in [1.165, 1.54) is 6.42 Å². The van der Waals surface area contributed by atoms with E-state index < -0.39 is 0 Å². The topological polar surface area (TPSA) is 87.5 Å². The fraction of sp³-hybridized carbons (Fsp3) is 0.318. The molecule has 2 bridgehead atoms. The van der Waals surface area contributed by atoms with Gasteiger partial charge in [-0.05, 0) is 43.5 Å². The maximum atomic E-state index is 12.9. The molecule has 1 unspecified atom stereocenters. The Kier molecular flexibility index (Phi) is 4.52. The number of nitrogens with zero attached hydrogens (tertiary/aromatic N) is 2. The predicted octanol–water partition coefficient (Wildman–Crippen LogP) is 2.90. The molecule has 2 saturated heterocycles. The van der Waals surface area contributed by atoms with Crippen LogP contribution in [0.15, 0.2) is 53.1 Å². The average molecular weight is 390 g/mol. The van der Waals surface area contributed by atoms with Gasteiger partial charge in [0, 0.05) is 42.3 Å². The molecule has 29 heavy (non-hydrogen) atoms. The Labute approximate surface area is 168 Å². The van der Waals surface area contributed by atoms with Crippen molar-refractivity contribution < 1.29 is 14.0 Å². The van der Waals surface area contributed by atoms with Gasteiger partial charge in [0.25, 0.3) is 11.8 Å². The summed E-state index contributed by atoms with van der Waals surface area (Å²) in [6.45, 7) is 3.14. The zero-order chi connectivity index (χ0) is 19.8. The maximum absolute atomic E-state index is 12.9. The van der Waals surface area contributed by atoms with E-state index in [-0.39, 0.29) is 29.4 Å². The van der Waals surface area contributed by atoms with Gasteiger partial charge in [-0.2, -0.15) is 0 Å². The van der Waals surface area contributed by atoms with Crippen LogP contribution in [0.5, 0.6) is 0 Å². The van der Waals surface area contributed by atoms with Crippen molar-refractivity contribution in [2.24, 2.45) is 5.92 Å². The number of rotatable bonds is 4. The number of piperidine rings is 1. The Morgan fingerprint density at radius 3 is 2.79 bits per heavy atom. The first-order chi connectivity index (χ1) is 14.2. The summed E-state index contributed by atoms with van der Waals surface area (Å²) in [5.41, 5.74) is 1.16. The fourth-order valence-electron chi connectivity index (χ4n) is 4.38. The molecule has 4 heterocycles. The van der Waals surface area contributed by atoms with Gasteiger partial charge in [-0.25, -0.2) is 4.98 Å². The molecule has 2 amide bonds. The number of carbonyl (C=O) groups excluding carboxylic acids is 2. The van der Waals surface area contributed by atoms with E-state index in [2.05, 4.69) is 20.5 Å². The second-order valence-electron chi connectivity index (χ2n) is 7.83. The van der Waals surface area contributed by atoms with Crippen molar-refractivity contribution in [2.75, 3.05) is 25.0 Å². The van der Waals surface area contributed by atoms with Crippen molar-refractivity contribution in [3.05, 3.63) is 59.9 Å². The third kappa shape index (κ3) is 3.61. The summed E-state index contributed by atoms with van der Waals surface area (Å²) < 4.78 is 5.79. The van der Waals surface area contributed by atoms with E-state index >= 15 is 0 Å². The molecule has 0 spiro atoms. The largest absolute Gasteiger partial charge is 0.438 e. The van der Waals surface area contributed by atoms with Crippen molar-refractivity contribution >= 4 is 28.7 Å². The summed E-state index contributed by atoms with van der Waals surface area (Å²) >= 11 is 0. The van der Waals surface area contributed by atoms with Crippen LogP contribution in [0.4, 0.5) is 5.88 Å². The fourth-order valence-corrected chi connectivity index (χ4v) is 4.38. The van der Waals surface area contributed by atoms with E-state index in [1.54, 1.807) is 42.6 Å². The average Bonchev–Trinajstić information content (AvgIpc) is 3.30. The molecule has 2 aromatic heterocycles. The number of anilines is 1. The number of carbonyl (C=O) groups is 2. The first-order valence-electron chi connectivity index (χ1n) is 9.94. The zero-order valence-corrected chi connectivity index (χ0v) is 15.9. The monoisotopic (exact) mass is 390 g/mol. The number of hydrogen-bond donors (Lipinski definition) is 2. The molecule has 2 N–H and O–H groups in total. The van der Waals surface area contributed by atoms with Gasteiger partial charge in [-0.15, -0.1) is 0 Å². The molecule has 2 fully saturated rings. The van der Waals surface area contributed by atoms with Crippen LogP contribution in [-0.2, 0) is 0 Å². The molecule has 2 aliphatic heterocycles. The second kappa shape index (κ2) is 7.33. The third-order valence-corrected chi connectivity index (χ3v) is 5.72. The lowest BCUT2D eigenvalue weighted by molar-refractivity contribution is 0.0905. The van der Waals surface area contributed by atoms with E-state index in [4.69, 9.17) is 4.42 Å². The highest BCUT2D eigenvalue weighted by molar-refractivity contribution is 6.06. The first kappa shape index (κ1) is 17.9.